The number of rotatable bonds is 5. The van der Waals surface area contributed by atoms with Gasteiger partial charge < -0.3 is 5.11 Å². The molecule has 0 aliphatic carbocycles. The van der Waals surface area contributed by atoms with E-state index in [2.05, 4.69) is 9.97 Å². The highest BCUT2D eigenvalue weighted by atomic mass is 16.4. The summed E-state index contributed by atoms with van der Waals surface area (Å²) in [7, 11) is 0. The maximum absolute atomic E-state index is 11.5. The van der Waals surface area contributed by atoms with E-state index < -0.39 is 5.97 Å². The van der Waals surface area contributed by atoms with Crippen LogP contribution in [0.25, 0.3) is 16.9 Å². The molecule has 0 atom stereocenters. The summed E-state index contributed by atoms with van der Waals surface area (Å²) in [5.41, 5.74) is 4.44. The Kier molecular flexibility index (Phi) is 4.45. The van der Waals surface area contributed by atoms with Crippen molar-refractivity contribution in [2.75, 3.05) is 0 Å². The SMILES string of the molecule is O=C(O)c1ccncc1Cc1cc(-c2ccccc2)nn1-c1ccncc1. The van der Waals surface area contributed by atoms with Crippen LogP contribution in [0, 0.1) is 0 Å². The van der Waals surface area contributed by atoms with E-state index in [9.17, 15) is 9.90 Å². The molecule has 0 aliphatic rings. The molecule has 0 fully saturated rings. The summed E-state index contributed by atoms with van der Waals surface area (Å²) >= 11 is 0. The second kappa shape index (κ2) is 7.21. The predicted octanol–water partition coefficient (Wildman–Crippen LogP) is 3.62. The van der Waals surface area contributed by atoms with Crippen molar-refractivity contribution in [1.29, 1.82) is 0 Å². The van der Waals surface area contributed by atoms with Gasteiger partial charge in [-0.3, -0.25) is 9.97 Å². The third-order valence-corrected chi connectivity index (χ3v) is 4.27. The van der Waals surface area contributed by atoms with Crippen molar-refractivity contribution in [1.82, 2.24) is 19.7 Å². The van der Waals surface area contributed by atoms with E-state index in [4.69, 9.17) is 5.10 Å². The predicted molar refractivity (Wildman–Crippen MR) is 101 cm³/mol. The number of carboxylic acid groups (broad SMARTS) is 1. The highest BCUT2D eigenvalue weighted by Gasteiger charge is 2.16. The zero-order chi connectivity index (χ0) is 18.6. The minimum Gasteiger partial charge on any atom is -0.478 e. The average molecular weight is 356 g/mol. The number of aromatic carboxylic acids is 1. The van der Waals surface area contributed by atoms with Gasteiger partial charge in [0.15, 0.2) is 0 Å². The average Bonchev–Trinajstić information content (AvgIpc) is 3.13. The van der Waals surface area contributed by atoms with Crippen molar-refractivity contribution in [2.24, 2.45) is 0 Å². The molecule has 132 valence electrons. The maximum atomic E-state index is 11.5. The third-order valence-electron chi connectivity index (χ3n) is 4.27. The van der Waals surface area contributed by atoms with Crippen LogP contribution in [-0.4, -0.2) is 30.8 Å². The monoisotopic (exact) mass is 356 g/mol. The molecule has 0 bridgehead atoms. The molecule has 3 aromatic heterocycles. The Hall–Kier alpha value is -3.80. The third kappa shape index (κ3) is 3.46. The first-order valence-electron chi connectivity index (χ1n) is 8.43. The van der Waals surface area contributed by atoms with E-state index in [1.807, 2.05) is 53.2 Å². The van der Waals surface area contributed by atoms with Crippen LogP contribution in [-0.2, 0) is 6.42 Å². The van der Waals surface area contributed by atoms with Gasteiger partial charge in [0.2, 0.25) is 0 Å². The molecule has 1 aromatic carbocycles. The van der Waals surface area contributed by atoms with Crippen LogP contribution < -0.4 is 0 Å². The summed E-state index contributed by atoms with van der Waals surface area (Å²) < 4.78 is 1.82. The summed E-state index contributed by atoms with van der Waals surface area (Å²) in [4.78, 5) is 19.7. The molecule has 6 nitrogen and oxygen atoms in total. The first kappa shape index (κ1) is 16.7. The summed E-state index contributed by atoms with van der Waals surface area (Å²) in [5.74, 6) is -0.967. The molecule has 4 aromatic rings. The lowest BCUT2D eigenvalue weighted by atomic mass is 10.0. The zero-order valence-electron chi connectivity index (χ0n) is 14.4. The zero-order valence-corrected chi connectivity index (χ0v) is 14.4. The lowest BCUT2D eigenvalue weighted by Gasteiger charge is -2.08. The number of benzene rings is 1. The fraction of sp³-hybridized carbons (Fsp3) is 0.0476. The maximum Gasteiger partial charge on any atom is 0.336 e. The Morgan fingerprint density at radius 3 is 2.44 bits per heavy atom. The second-order valence-electron chi connectivity index (χ2n) is 6.02. The van der Waals surface area contributed by atoms with Crippen LogP contribution in [0.15, 0.2) is 79.4 Å². The van der Waals surface area contributed by atoms with Gasteiger partial charge in [0.1, 0.15) is 0 Å². The van der Waals surface area contributed by atoms with Gasteiger partial charge in [-0.25, -0.2) is 9.48 Å². The highest BCUT2D eigenvalue weighted by molar-refractivity contribution is 5.89. The van der Waals surface area contributed by atoms with Crippen LogP contribution in [0.5, 0.6) is 0 Å². The van der Waals surface area contributed by atoms with Gasteiger partial charge in [0.05, 0.1) is 16.9 Å². The van der Waals surface area contributed by atoms with E-state index in [0.717, 1.165) is 22.6 Å². The molecule has 6 heteroatoms. The first-order chi connectivity index (χ1) is 13.2. The van der Waals surface area contributed by atoms with E-state index in [1.165, 1.54) is 12.3 Å². The molecule has 0 saturated heterocycles. The van der Waals surface area contributed by atoms with Gasteiger partial charge in [-0.15, -0.1) is 0 Å². The minimum atomic E-state index is -0.967. The van der Waals surface area contributed by atoms with Crippen molar-refractivity contribution < 1.29 is 9.90 Å². The number of hydrogen-bond acceptors (Lipinski definition) is 4. The lowest BCUT2D eigenvalue weighted by Crippen LogP contribution is -2.07. The van der Waals surface area contributed by atoms with Gasteiger partial charge in [-0.2, -0.15) is 5.10 Å². The number of hydrogen-bond donors (Lipinski definition) is 1. The van der Waals surface area contributed by atoms with Crippen molar-refractivity contribution in [3.05, 3.63) is 96.2 Å². The molecular formula is C21H16N4O2. The summed E-state index contributed by atoms with van der Waals surface area (Å²) in [6, 6.07) is 17.1. The van der Waals surface area contributed by atoms with Crippen molar-refractivity contribution >= 4 is 5.97 Å². The fourth-order valence-electron chi connectivity index (χ4n) is 2.98. The molecule has 1 N–H and O–H groups in total. The summed E-state index contributed by atoms with van der Waals surface area (Å²) in [6.07, 6.45) is 6.89. The van der Waals surface area contributed by atoms with E-state index in [0.29, 0.717) is 12.0 Å². The Bertz CT molecular complexity index is 1080. The minimum absolute atomic E-state index is 0.244. The molecule has 0 unspecified atom stereocenters. The Morgan fingerprint density at radius 1 is 0.963 bits per heavy atom. The Morgan fingerprint density at radius 2 is 1.70 bits per heavy atom. The van der Waals surface area contributed by atoms with E-state index in [1.54, 1.807) is 18.6 Å². The molecule has 0 aliphatic heterocycles. The van der Waals surface area contributed by atoms with Crippen LogP contribution in [0.1, 0.15) is 21.6 Å². The smallest absolute Gasteiger partial charge is 0.336 e. The number of aromatic nitrogens is 4. The van der Waals surface area contributed by atoms with Crippen LogP contribution >= 0.6 is 0 Å². The van der Waals surface area contributed by atoms with Crippen LogP contribution in [0.4, 0.5) is 0 Å². The number of nitrogens with zero attached hydrogens (tertiary/aromatic N) is 4. The quantitative estimate of drug-likeness (QED) is 0.591. The lowest BCUT2D eigenvalue weighted by molar-refractivity contribution is 0.0695. The number of carbonyl (C=O) groups is 1. The topological polar surface area (TPSA) is 80.9 Å². The van der Waals surface area contributed by atoms with Crippen molar-refractivity contribution in [3.8, 4) is 16.9 Å². The van der Waals surface area contributed by atoms with Crippen molar-refractivity contribution in [2.45, 2.75) is 6.42 Å². The molecular weight excluding hydrogens is 340 g/mol. The molecule has 0 saturated carbocycles. The molecule has 4 rings (SSSR count). The largest absolute Gasteiger partial charge is 0.478 e. The van der Waals surface area contributed by atoms with Gasteiger partial charge in [-0.1, -0.05) is 30.3 Å². The normalized spacial score (nSPS) is 10.7. The summed E-state index contributed by atoms with van der Waals surface area (Å²) in [6.45, 7) is 0. The molecule has 0 spiro atoms. The van der Waals surface area contributed by atoms with E-state index >= 15 is 0 Å². The molecule has 0 amide bonds. The standard InChI is InChI=1S/C21H16N4O2/c26-21(27)19-8-11-23-14-16(19)12-18-13-20(15-4-2-1-3-5-15)24-25(18)17-6-9-22-10-7-17/h1-11,13-14H,12H2,(H,26,27). The first-order valence-corrected chi connectivity index (χ1v) is 8.43. The second-order valence-corrected chi connectivity index (χ2v) is 6.02. The fourth-order valence-corrected chi connectivity index (χ4v) is 2.98. The summed E-state index contributed by atoms with van der Waals surface area (Å²) in [5, 5.41) is 14.2. The van der Waals surface area contributed by atoms with Crippen molar-refractivity contribution in [3.63, 3.8) is 0 Å². The van der Waals surface area contributed by atoms with Crippen LogP contribution in [0.3, 0.4) is 0 Å². The number of carboxylic acids is 1. The van der Waals surface area contributed by atoms with Crippen LogP contribution in [0.2, 0.25) is 0 Å². The highest BCUT2D eigenvalue weighted by Crippen LogP contribution is 2.24. The van der Waals surface area contributed by atoms with Gasteiger partial charge in [-0.05, 0) is 29.8 Å². The molecule has 27 heavy (non-hydrogen) atoms. The molecule has 0 radical (unpaired) electrons. The number of pyridine rings is 2. The van der Waals surface area contributed by atoms with Gasteiger partial charge >= 0.3 is 5.97 Å². The van der Waals surface area contributed by atoms with Gasteiger partial charge in [0.25, 0.3) is 0 Å². The van der Waals surface area contributed by atoms with Gasteiger partial charge in [0, 0.05) is 42.5 Å². The Balaban J connectivity index is 1.82. The molecule has 3 heterocycles. The van der Waals surface area contributed by atoms with E-state index in [-0.39, 0.29) is 5.56 Å². The Labute approximate surface area is 155 Å².